The van der Waals surface area contributed by atoms with E-state index in [0.717, 1.165) is 9.80 Å². The number of fused-ring (bicyclic) bond motifs is 4. The number of likely N-dealkylation sites (tertiary alicyclic amines) is 1. The number of carbonyl (C=O) groups excluding carboxylic acids is 5. The molecule has 0 spiro atoms. The second-order valence-electron chi connectivity index (χ2n) is 12.4. The number of aromatic hydroxyl groups is 1. The van der Waals surface area contributed by atoms with Crippen molar-refractivity contribution in [2.75, 3.05) is 18.6 Å². The number of halogens is 2. The number of anilines is 1. The number of rotatable bonds is 6. The molecule has 11 heteroatoms. The number of hydrogen-bond acceptors (Lipinski definition) is 7. The molecule has 3 fully saturated rings. The Morgan fingerprint density at radius 2 is 1.60 bits per heavy atom. The van der Waals surface area contributed by atoms with Crippen molar-refractivity contribution in [3.63, 3.8) is 0 Å². The van der Waals surface area contributed by atoms with Crippen molar-refractivity contribution in [3.8, 4) is 11.5 Å². The zero-order chi connectivity index (χ0) is 33.4. The van der Waals surface area contributed by atoms with Crippen LogP contribution in [0.2, 0.25) is 0 Å². The van der Waals surface area contributed by atoms with Gasteiger partial charge in [0.2, 0.25) is 11.8 Å². The third kappa shape index (κ3) is 4.32. The van der Waals surface area contributed by atoms with Gasteiger partial charge in [-0.1, -0.05) is 48.0 Å². The molecule has 0 aromatic heterocycles. The van der Waals surface area contributed by atoms with E-state index in [0.29, 0.717) is 28.0 Å². The Morgan fingerprint density at radius 3 is 2.28 bits per heavy atom. The van der Waals surface area contributed by atoms with E-state index in [1.807, 2.05) is 12.1 Å². The minimum absolute atomic E-state index is 0.115. The zero-order valence-corrected chi connectivity index (χ0v) is 27.0. The van der Waals surface area contributed by atoms with Gasteiger partial charge in [-0.25, -0.2) is 0 Å². The van der Waals surface area contributed by atoms with E-state index >= 15 is 0 Å². The predicted octanol–water partition coefficient (Wildman–Crippen LogP) is 5.22. The van der Waals surface area contributed by atoms with E-state index in [1.165, 1.54) is 13.1 Å². The van der Waals surface area contributed by atoms with E-state index in [1.54, 1.807) is 67.6 Å². The van der Waals surface area contributed by atoms with Gasteiger partial charge in [-0.15, -0.1) is 23.2 Å². The number of benzene rings is 3. The number of nitrogens with zero attached hydrogens (tertiary/aromatic N) is 2. The van der Waals surface area contributed by atoms with Gasteiger partial charge in [0, 0.05) is 24.1 Å². The van der Waals surface area contributed by atoms with Crippen LogP contribution in [-0.4, -0.2) is 62.8 Å². The largest absolute Gasteiger partial charge is 0.504 e. The summed E-state index contributed by atoms with van der Waals surface area (Å²) in [7, 11) is 1.33. The van der Waals surface area contributed by atoms with E-state index in [-0.39, 0.29) is 36.7 Å². The topological polar surface area (TPSA) is 121 Å². The summed E-state index contributed by atoms with van der Waals surface area (Å²) in [6.45, 7) is 2.02. The van der Waals surface area contributed by atoms with Gasteiger partial charge in [0.1, 0.15) is 0 Å². The van der Waals surface area contributed by atoms with Gasteiger partial charge in [-0.2, -0.15) is 0 Å². The minimum Gasteiger partial charge on any atom is -0.504 e. The number of alkyl halides is 2. The number of phenolic OH excluding ortho intramolecular Hbond substituents is 1. The highest BCUT2D eigenvalue weighted by Gasteiger charge is 2.75. The molecule has 2 aliphatic carbocycles. The van der Waals surface area contributed by atoms with Gasteiger partial charge in [0.25, 0.3) is 11.8 Å². The van der Waals surface area contributed by atoms with Gasteiger partial charge in [-0.3, -0.25) is 33.8 Å². The first-order chi connectivity index (χ1) is 22.4. The fraction of sp³-hybridized carbons (Fsp3) is 0.306. The predicted molar refractivity (Wildman–Crippen MR) is 174 cm³/mol. The fourth-order valence-corrected chi connectivity index (χ4v) is 8.89. The molecule has 1 N–H and O–H groups in total. The first kappa shape index (κ1) is 31.1. The highest BCUT2D eigenvalue weighted by Crippen LogP contribution is 2.65. The summed E-state index contributed by atoms with van der Waals surface area (Å²) in [4.78, 5) is 66.8. The Balaban J connectivity index is 1.28. The number of phenols is 1. The Kier molecular flexibility index (Phi) is 7.33. The van der Waals surface area contributed by atoms with Crippen LogP contribution in [0.4, 0.5) is 5.69 Å². The van der Waals surface area contributed by atoms with Gasteiger partial charge in [0.15, 0.2) is 27.0 Å². The summed E-state index contributed by atoms with van der Waals surface area (Å²) in [6.07, 6.45) is 1.91. The summed E-state index contributed by atoms with van der Waals surface area (Å²) in [5.74, 6) is -5.60. The molecule has 6 atom stereocenters. The SMILES string of the molecule is CCOc1cc(C2C3=CCC4C(=O)N(c5ccc(C(=O)c6ccccc6)cc5)C(=O)C4C3CC3(Cl)C(=O)N(C)C(=O)C23Cl)ccc1O. The van der Waals surface area contributed by atoms with Crippen LogP contribution in [-0.2, 0) is 19.2 Å². The van der Waals surface area contributed by atoms with E-state index in [9.17, 15) is 29.1 Å². The maximum atomic E-state index is 14.3. The van der Waals surface area contributed by atoms with E-state index in [4.69, 9.17) is 27.9 Å². The lowest BCUT2D eigenvalue weighted by Crippen LogP contribution is -2.60. The van der Waals surface area contributed by atoms with Crippen molar-refractivity contribution in [1.29, 1.82) is 0 Å². The van der Waals surface area contributed by atoms with E-state index < -0.39 is 57.0 Å². The first-order valence-electron chi connectivity index (χ1n) is 15.4. The molecule has 4 aliphatic rings. The van der Waals surface area contributed by atoms with Gasteiger partial charge in [0.05, 0.1) is 24.1 Å². The van der Waals surface area contributed by atoms with Gasteiger partial charge >= 0.3 is 0 Å². The highest BCUT2D eigenvalue weighted by atomic mass is 35.5. The van der Waals surface area contributed by atoms with E-state index in [2.05, 4.69) is 0 Å². The molecule has 2 heterocycles. The Morgan fingerprint density at radius 1 is 0.915 bits per heavy atom. The summed E-state index contributed by atoms with van der Waals surface area (Å²) in [6, 6.07) is 19.7. The van der Waals surface area contributed by atoms with Crippen LogP contribution in [0.25, 0.3) is 0 Å². The first-order valence-corrected chi connectivity index (χ1v) is 16.1. The Hall–Kier alpha value is -4.47. The van der Waals surface area contributed by atoms with Crippen molar-refractivity contribution in [3.05, 3.63) is 101 Å². The monoisotopic (exact) mass is 672 g/mol. The highest BCUT2D eigenvalue weighted by molar-refractivity contribution is 6.53. The molecule has 7 rings (SSSR count). The molecule has 9 nitrogen and oxygen atoms in total. The maximum absolute atomic E-state index is 14.3. The molecule has 0 bridgehead atoms. The van der Waals surface area contributed by atoms with Crippen molar-refractivity contribution in [2.45, 2.75) is 35.4 Å². The lowest BCUT2D eigenvalue weighted by molar-refractivity contribution is -0.138. The fourth-order valence-electron chi connectivity index (χ4n) is 7.87. The summed E-state index contributed by atoms with van der Waals surface area (Å²) < 4.78 is 5.62. The lowest BCUT2D eigenvalue weighted by atomic mass is 9.56. The van der Waals surface area contributed by atoms with Crippen LogP contribution in [0.3, 0.4) is 0 Å². The number of amides is 4. The second kappa shape index (κ2) is 11.1. The molecule has 3 aromatic rings. The number of ketones is 1. The molecule has 2 aliphatic heterocycles. The van der Waals surface area contributed by atoms with Crippen LogP contribution >= 0.6 is 23.2 Å². The molecule has 4 amide bonds. The van der Waals surface area contributed by atoms with Crippen molar-refractivity contribution >= 4 is 58.3 Å². The molecule has 3 aromatic carbocycles. The standard InChI is InChI=1S/C36H30Cl2N2O7/c1-3-47-27-17-21(11-16-26(27)41)29-23-14-15-24-28(25(23)18-35(37)33(45)39(2)34(46)36(29,35)38)32(44)40(31(24)43)22-12-9-20(10-13-22)30(42)19-7-5-4-6-8-19/h4-14,16-17,24-25,28-29,41H,3,15,18H2,1-2H3. The van der Waals surface area contributed by atoms with Crippen molar-refractivity contribution in [1.82, 2.24) is 4.90 Å². The van der Waals surface area contributed by atoms with Crippen molar-refractivity contribution < 1.29 is 33.8 Å². The number of allylic oxidation sites excluding steroid dienone is 2. The average molecular weight is 674 g/mol. The molecule has 6 unspecified atom stereocenters. The molecule has 0 radical (unpaired) electrons. The van der Waals surface area contributed by atoms with Crippen molar-refractivity contribution in [2.24, 2.45) is 17.8 Å². The molecule has 47 heavy (non-hydrogen) atoms. The third-order valence-corrected chi connectivity index (χ3v) is 11.5. The Labute approximate surface area is 280 Å². The lowest BCUT2D eigenvalue weighted by Gasteiger charge is -2.50. The zero-order valence-electron chi connectivity index (χ0n) is 25.5. The van der Waals surface area contributed by atoms with Crippen LogP contribution < -0.4 is 9.64 Å². The normalized spacial score (nSPS) is 29.7. The molecule has 1 saturated carbocycles. The number of imide groups is 2. The summed E-state index contributed by atoms with van der Waals surface area (Å²) in [5.41, 5.74) is 2.36. The number of hydrogen-bond donors (Lipinski definition) is 1. The number of carbonyl (C=O) groups is 5. The molecular formula is C36H30Cl2N2O7. The third-order valence-electron chi connectivity index (χ3n) is 10.1. The molecular weight excluding hydrogens is 643 g/mol. The van der Waals surface area contributed by atoms with Crippen LogP contribution in [0.5, 0.6) is 11.5 Å². The van der Waals surface area contributed by atoms with Crippen LogP contribution in [0.1, 0.15) is 47.2 Å². The van der Waals surface area contributed by atoms with Crippen LogP contribution in [0.15, 0.2) is 84.4 Å². The summed E-state index contributed by atoms with van der Waals surface area (Å²) in [5, 5.41) is 10.4. The maximum Gasteiger partial charge on any atom is 0.253 e. The summed E-state index contributed by atoms with van der Waals surface area (Å²) >= 11 is 14.5. The van der Waals surface area contributed by atoms with Gasteiger partial charge < -0.3 is 9.84 Å². The average Bonchev–Trinajstić information content (AvgIpc) is 3.40. The smallest absolute Gasteiger partial charge is 0.253 e. The molecule has 2 saturated heterocycles. The molecule has 240 valence electrons. The number of ether oxygens (including phenoxy) is 1. The Bertz CT molecular complexity index is 1890. The van der Waals surface area contributed by atoms with Crippen LogP contribution in [0, 0.1) is 17.8 Å². The van der Waals surface area contributed by atoms with Gasteiger partial charge in [-0.05, 0) is 67.6 Å². The quantitative estimate of drug-likeness (QED) is 0.165. The second-order valence-corrected chi connectivity index (χ2v) is 13.7. The minimum atomic E-state index is -1.94.